The van der Waals surface area contributed by atoms with Gasteiger partial charge in [0.15, 0.2) is 0 Å². The van der Waals surface area contributed by atoms with Gasteiger partial charge in [0.2, 0.25) is 0 Å². The minimum Gasteiger partial charge on any atom is -0.313 e. The molecule has 0 aliphatic carbocycles. The molecule has 1 rings (SSSR count). The minimum absolute atomic E-state index is 0.378. The van der Waals surface area contributed by atoms with Gasteiger partial charge in [-0.25, -0.2) is 0 Å². The monoisotopic (exact) mass is 211 g/mol. The summed E-state index contributed by atoms with van der Waals surface area (Å²) in [7, 11) is 2.05. The lowest BCUT2D eigenvalue weighted by atomic mass is 9.86. The van der Waals surface area contributed by atoms with Crippen molar-refractivity contribution in [2.24, 2.45) is 5.41 Å². The third kappa shape index (κ3) is 3.43. The molecule has 1 nitrogen and oxygen atoms in total. The molecule has 0 bridgehead atoms. The predicted octanol–water partition coefficient (Wildman–Crippen LogP) is 3.75. The molecule has 0 saturated carbocycles. The van der Waals surface area contributed by atoms with Crippen LogP contribution in [0.15, 0.2) is 11.4 Å². The largest absolute Gasteiger partial charge is 0.313 e. The van der Waals surface area contributed by atoms with Crippen molar-refractivity contribution in [2.45, 2.75) is 40.2 Å². The van der Waals surface area contributed by atoms with Gasteiger partial charge in [0, 0.05) is 10.9 Å². The van der Waals surface area contributed by atoms with E-state index in [1.807, 2.05) is 18.4 Å². The van der Waals surface area contributed by atoms with Crippen LogP contribution in [0, 0.1) is 12.3 Å². The maximum Gasteiger partial charge on any atom is 0.0330 e. The van der Waals surface area contributed by atoms with Crippen LogP contribution in [0.25, 0.3) is 0 Å². The molecule has 0 aliphatic rings. The van der Waals surface area contributed by atoms with Crippen LogP contribution in [0.5, 0.6) is 0 Å². The zero-order chi connectivity index (χ0) is 10.8. The molecule has 1 heterocycles. The van der Waals surface area contributed by atoms with Crippen molar-refractivity contribution >= 4 is 11.3 Å². The molecule has 1 unspecified atom stereocenters. The van der Waals surface area contributed by atoms with E-state index in [2.05, 4.69) is 44.5 Å². The summed E-state index contributed by atoms with van der Waals surface area (Å²) < 4.78 is 0. The fourth-order valence-electron chi connectivity index (χ4n) is 1.65. The van der Waals surface area contributed by atoms with Crippen LogP contribution in [-0.4, -0.2) is 7.05 Å². The Morgan fingerprint density at radius 3 is 2.43 bits per heavy atom. The molecule has 0 amide bonds. The highest BCUT2D eigenvalue weighted by atomic mass is 32.1. The van der Waals surface area contributed by atoms with Crippen molar-refractivity contribution in [3.8, 4) is 0 Å². The third-order valence-electron chi connectivity index (χ3n) is 2.32. The van der Waals surface area contributed by atoms with Gasteiger partial charge < -0.3 is 5.32 Å². The fourth-order valence-corrected chi connectivity index (χ4v) is 2.40. The van der Waals surface area contributed by atoms with E-state index in [0.717, 1.165) is 0 Å². The Balaban J connectivity index is 2.72. The van der Waals surface area contributed by atoms with Gasteiger partial charge in [-0.2, -0.15) is 0 Å². The lowest BCUT2D eigenvalue weighted by molar-refractivity contribution is 0.321. The van der Waals surface area contributed by atoms with E-state index in [-0.39, 0.29) is 0 Å². The second kappa shape index (κ2) is 4.45. The molecule has 0 aromatic carbocycles. The highest BCUT2D eigenvalue weighted by Gasteiger charge is 2.19. The third-order valence-corrected chi connectivity index (χ3v) is 3.20. The first-order valence-corrected chi connectivity index (χ1v) is 6.02. The molecule has 0 spiro atoms. The average molecular weight is 211 g/mol. The first kappa shape index (κ1) is 11.7. The number of hydrogen-bond acceptors (Lipinski definition) is 2. The lowest BCUT2D eigenvalue weighted by Crippen LogP contribution is -2.21. The summed E-state index contributed by atoms with van der Waals surface area (Å²) in [6.07, 6.45) is 1.18. The number of rotatable bonds is 3. The second-order valence-electron chi connectivity index (χ2n) is 5.10. The van der Waals surface area contributed by atoms with Gasteiger partial charge >= 0.3 is 0 Å². The lowest BCUT2D eigenvalue weighted by Gasteiger charge is -2.25. The summed E-state index contributed by atoms with van der Waals surface area (Å²) in [5, 5.41) is 5.66. The predicted molar refractivity (Wildman–Crippen MR) is 64.9 cm³/mol. The number of aryl methyl sites for hydroxylation is 1. The highest BCUT2D eigenvalue weighted by molar-refractivity contribution is 7.10. The molecule has 0 radical (unpaired) electrons. The Bertz CT molecular complexity index is 283. The van der Waals surface area contributed by atoms with E-state index in [1.54, 1.807) is 0 Å². The molecule has 0 fully saturated rings. The Morgan fingerprint density at radius 2 is 2.07 bits per heavy atom. The molecule has 2 heteroatoms. The van der Waals surface area contributed by atoms with Crippen LogP contribution in [0.4, 0.5) is 0 Å². The van der Waals surface area contributed by atoms with Gasteiger partial charge in [-0.05, 0) is 42.8 Å². The van der Waals surface area contributed by atoms with Crippen LogP contribution < -0.4 is 5.32 Å². The smallest absolute Gasteiger partial charge is 0.0330 e. The van der Waals surface area contributed by atoms with Crippen molar-refractivity contribution < 1.29 is 0 Å². The quantitative estimate of drug-likeness (QED) is 0.803. The second-order valence-corrected chi connectivity index (χ2v) is 6.21. The standard InChI is InChI=1S/C12H21NS/c1-9-6-10(8-14-9)11(13-5)7-12(2,3)4/h6,8,11,13H,7H2,1-5H3. The number of hydrogen-bond donors (Lipinski definition) is 1. The van der Waals surface area contributed by atoms with Crippen molar-refractivity contribution in [3.05, 3.63) is 21.9 Å². The average Bonchev–Trinajstić information content (AvgIpc) is 2.46. The van der Waals surface area contributed by atoms with Gasteiger partial charge in [-0.15, -0.1) is 11.3 Å². The molecular weight excluding hydrogens is 190 g/mol. The molecule has 1 atom stereocenters. The van der Waals surface area contributed by atoms with Crippen molar-refractivity contribution in [1.82, 2.24) is 5.32 Å². The Morgan fingerprint density at radius 1 is 1.43 bits per heavy atom. The van der Waals surface area contributed by atoms with Gasteiger partial charge in [0.25, 0.3) is 0 Å². The van der Waals surface area contributed by atoms with Gasteiger partial charge in [0.1, 0.15) is 0 Å². The SMILES string of the molecule is CNC(CC(C)(C)C)c1csc(C)c1. The molecule has 1 aromatic rings. The summed E-state index contributed by atoms with van der Waals surface area (Å²) in [5.41, 5.74) is 1.81. The highest BCUT2D eigenvalue weighted by Crippen LogP contribution is 2.31. The summed E-state index contributed by atoms with van der Waals surface area (Å²) in [5.74, 6) is 0. The van der Waals surface area contributed by atoms with E-state index in [9.17, 15) is 0 Å². The fraction of sp³-hybridized carbons (Fsp3) is 0.667. The summed E-state index contributed by atoms with van der Waals surface area (Å²) in [6, 6.07) is 2.79. The van der Waals surface area contributed by atoms with Crippen LogP contribution >= 0.6 is 11.3 Å². The molecule has 1 aromatic heterocycles. The van der Waals surface area contributed by atoms with E-state index < -0.39 is 0 Å². The Kier molecular flexibility index (Phi) is 3.73. The van der Waals surface area contributed by atoms with Crippen LogP contribution in [0.1, 0.15) is 43.7 Å². The van der Waals surface area contributed by atoms with Crippen LogP contribution in [-0.2, 0) is 0 Å². The van der Waals surface area contributed by atoms with Crippen molar-refractivity contribution in [3.63, 3.8) is 0 Å². The minimum atomic E-state index is 0.378. The van der Waals surface area contributed by atoms with Crippen LogP contribution in [0.2, 0.25) is 0 Å². The van der Waals surface area contributed by atoms with Crippen molar-refractivity contribution in [1.29, 1.82) is 0 Å². The molecule has 80 valence electrons. The molecule has 14 heavy (non-hydrogen) atoms. The first-order valence-electron chi connectivity index (χ1n) is 5.15. The zero-order valence-electron chi connectivity index (χ0n) is 9.85. The van der Waals surface area contributed by atoms with Gasteiger partial charge in [0.05, 0.1) is 0 Å². The van der Waals surface area contributed by atoms with Gasteiger partial charge in [-0.1, -0.05) is 20.8 Å². The first-order chi connectivity index (χ1) is 6.42. The molecular formula is C12H21NS. The molecule has 0 aliphatic heterocycles. The zero-order valence-corrected chi connectivity index (χ0v) is 10.7. The van der Waals surface area contributed by atoms with Crippen LogP contribution in [0.3, 0.4) is 0 Å². The van der Waals surface area contributed by atoms with Crippen molar-refractivity contribution in [2.75, 3.05) is 7.05 Å². The Labute approximate surface area is 91.5 Å². The summed E-state index contributed by atoms with van der Waals surface area (Å²) in [4.78, 5) is 1.40. The van der Waals surface area contributed by atoms with E-state index in [4.69, 9.17) is 0 Å². The van der Waals surface area contributed by atoms with E-state index in [0.29, 0.717) is 11.5 Å². The van der Waals surface area contributed by atoms with Gasteiger partial charge in [-0.3, -0.25) is 0 Å². The number of thiophene rings is 1. The Hall–Kier alpha value is -0.340. The van der Waals surface area contributed by atoms with E-state index in [1.165, 1.54) is 16.9 Å². The summed E-state index contributed by atoms with van der Waals surface area (Å²) >= 11 is 1.83. The number of nitrogens with one attached hydrogen (secondary N) is 1. The normalized spacial score (nSPS) is 14.4. The maximum atomic E-state index is 3.39. The maximum absolute atomic E-state index is 3.39. The summed E-state index contributed by atoms with van der Waals surface area (Å²) in [6.45, 7) is 9.03. The molecule has 1 N–H and O–H groups in total. The topological polar surface area (TPSA) is 12.0 Å². The van der Waals surface area contributed by atoms with E-state index >= 15 is 0 Å². The molecule has 0 saturated heterocycles.